The van der Waals surface area contributed by atoms with Crippen LogP contribution in [0.25, 0.3) is 10.8 Å². The van der Waals surface area contributed by atoms with Crippen molar-refractivity contribution < 1.29 is 4.79 Å². The van der Waals surface area contributed by atoms with Crippen molar-refractivity contribution in [3.8, 4) is 0 Å². The van der Waals surface area contributed by atoms with E-state index in [-0.39, 0.29) is 11.8 Å². The first-order valence-electron chi connectivity index (χ1n) is 7.43. The number of hydrogen-bond acceptors (Lipinski definition) is 3. The van der Waals surface area contributed by atoms with E-state index in [1.807, 2.05) is 25.4 Å². The Morgan fingerprint density at radius 2 is 1.90 bits per heavy atom. The van der Waals surface area contributed by atoms with E-state index in [4.69, 9.17) is 0 Å². The summed E-state index contributed by atoms with van der Waals surface area (Å²) in [4.78, 5) is 28.0. The number of hydrogen-bond donors (Lipinski definition) is 1. The third-order valence-corrected chi connectivity index (χ3v) is 9.73. The van der Waals surface area contributed by atoms with Crippen molar-refractivity contribution in [1.82, 2.24) is 9.97 Å². The van der Waals surface area contributed by atoms with E-state index in [2.05, 4.69) is 30.1 Å². The topological polar surface area (TPSA) is 54.9 Å². The zero-order valence-corrected chi connectivity index (χ0v) is 15.9. The summed E-state index contributed by atoms with van der Waals surface area (Å²) in [6.45, 7) is 2.01. The van der Waals surface area contributed by atoms with Gasteiger partial charge in [-0.3, -0.25) is 0 Å². The number of aromatic nitrogens is 2. The Kier molecular flexibility index (Phi) is 3.67. The molecule has 110 valence electrons. The number of nitrogens with one attached hydrogen (secondary N) is 1. The summed E-state index contributed by atoms with van der Waals surface area (Å²) in [6, 6.07) is 2.03. The van der Waals surface area contributed by atoms with Crippen molar-refractivity contribution in [3.63, 3.8) is 0 Å². The molecule has 5 heteroatoms. The predicted molar refractivity (Wildman–Crippen MR) is 88.6 cm³/mol. The summed E-state index contributed by atoms with van der Waals surface area (Å²) in [7, 11) is 0. The number of anilines is 1. The molecule has 0 radical (unpaired) electrons. The van der Waals surface area contributed by atoms with Gasteiger partial charge in [-0.2, -0.15) is 0 Å². The van der Waals surface area contributed by atoms with Crippen molar-refractivity contribution in [3.05, 3.63) is 24.2 Å². The summed E-state index contributed by atoms with van der Waals surface area (Å²) in [6.07, 6.45) is 5.89. The zero-order chi connectivity index (χ0) is 15.2. The van der Waals surface area contributed by atoms with Gasteiger partial charge in [-0.15, -0.1) is 0 Å². The van der Waals surface area contributed by atoms with Gasteiger partial charge in [-0.1, -0.05) is 0 Å². The number of fused-ring (bicyclic) bond motifs is 1. The van der Waals surface area contributed by atoms with Crippen molar-refractivity contribution in [2.75, 3.05) is 5.32 Å². The fraction of sp³-hybridized carbons (Fsp3) is 0.438. The average molecular weight is 390 g/mol. The van der Waals surface area contributed by atoms with Gasteiger partial charge in [0.1, 0.15) is 0 Å². The van der Waals surface area contributed by atoms with Gasteiger partial charge >= 0.3 is 129 Å². The molecular weight excluding hydrogens is 369 g/mol. The van der Waals surface area contributed by atoms with Crippen LogP contribution in [-0.2, 0) is 4.79 Å². The number of nitrogens with zero attached hydrogens (tertiary/aromatic N) is 2. The molecule has 0 aliphatic heterocycles. The molecule has 1 N–H and O–H groups in total. The molecule has 2 aromatic rings. The van der Waals surface area contributed by atoms with Gasteiger partial charge in [0.2, 0.25) is 0 Å². The van der Waals surface area contributed by atoms with Crippen LogP contribution in [0, 0.1) is 12.8 Å². The zero-order valence-electron chi connectivity index (χ0n) is 13.0. The third kappa shape index (κ3) is 3.05. The van der Waals surface area contributed by atoms with E-state index in [0.29, 0.717) is 5.82 Å². The SMILES string of the molecule is Cc1nc[c]([Sn]([CH3])([CH3])[CH3])c2cc(NC(=O)C3CC3)ncc12. The first kappa shape index (κ1) is 14.8. The minimum atomic E-state index is -2.26. The van der Waals surface area contributed by atoms with Crippen molar-refractivity contribution in [2.24, 2.45) is 5.92 Å². The molecule has 2 aromatic heterocycles. The van der Waals surface area contributed by atoms with E-state index in [1.54, 1.807) is 0 Å². The molecular formula is C16H21N3OSn. The number of carbonyl (C=O) groups is 1. The molecule has 21 heavy (non-hydrogen) atoms. The molecule has 1 fully saturated rings. The van der Waals surface area contributed by atoms with E-state index in [0.717, 1.165) is 23.9 Å². The Hall–Kier alpha value is -1.17. The van der Waals surface area contributed by atoms with Gasteiger partial charge in [0.05, 0.1) is 0 Å². The summed E-state index contributed by atoms with van der Waals surface area (Å²) >= 11 is -2.26. The van der Waals surface area contributed by atoms with Crippen LogP contribution < -0.4 is 8.90 Å². The van der Waals surface area contributed by atoms with Crippen molar-refractivity contribution >= 4 is 44.5 Å². The second kappa shape index (κ2) is 5.23. The number of rotatable bonds is 3. The molecule has 0 aromatic carbocycles. The van der Waals surface area contributed by atoms with Crippen LogP contribution in [0.15, 0.2) is 18.5 Å². The van der Waals surface area contributed by atoms with Gasteiger partial charge in [0, 0.05) is 0 Å². The molecule has 0 saturated heterocycles. The molecule has 4 nitrogen and oxygen atoms in total. The predicted octanol–water partition coefficient (Wildman–Crippen LogP) is 2.83. The Labute approximate surface area is 129 Å². The van der Waals surface area contributed by atoms with Gasteiger partial charge < -0.3 is 0 Å². The van der Waals surface area contributed by atoms with Crippen LogP contribution in [0.4, 0.5) is 5.82 Å². The monoisotopic (exact) mass is 391 g/mol. The quantitative estimate of drug-likeness (QED) is 0.821. The van der Waals surface area contributed by atoms with Gasteiger partial charge in [-0.25, -0.2) is 0 Å². The first-order valence-corrected chi connectivity index (χ1v) is 17.4. The van der Waals surface area contributed by atoms with Crippen LogP contribution in [0.1, 0.15) is 18.5 Å². The molecule has 0 spiro atoms. The summed E-state index contributed by atoms with van der Waals surface area (Å²) in [5.74, 6) is 0.971. The van der Waals surface area contributed by atoms with Crippen molar-refractivity contribution in [1.29, 1.82) is 0 Å². The molecule has 1 amide bonds. The first-order chi connectivity index (χ1) is 9.86. The molecule has 0 atom stereocenters. The van der Waals surface area contributed by atoms with Gasteiger partial charge in [0.15, 0.2) is 0 Å². The molecule has 1 aliphatic rings. The average Bonchev–Trinajstić information content (AvgIpc) is 3.21. The molecule has 0 bridgehead atoms. The van der Waals surface area contributed by atoms with Crippen LogP contribution >= 0.6 is 0 Å². The normalized spacial score (nSPS) is 15.2. The van der Waals surface area contributed by atoms with Crippen LogP contribution in [-0.4, -0.2) is 34.3 Å². The maximum atomic E-state index is 11.9. The summed E-state index contributed by atoms with van der Waals surface area (Å²) < 4.78 is 1.38. The Morgan fingerprint density at radius 1 is 1.19 bits per heavy atom. The standard InChI is InChI=1S/C13H12N3O.3CH3.Sn/c1-8-11-7-15-12(6-10(11)4-5-14-8)16-13(17)9-2-3-9;;;;/h5-7,9H,2-3H2,1H3,(H,15,16,17);3*1H3;. The second-order valence-electron chi connectivity index (χ2n) is 6.89. The molecule has 0 unspecified atom stereocenters. The van der Waals surface area contributed by atoms with Gasteiger partial charge in [-0.05, 0) is 0 Å². The van der Waals surface area contributed by atoms with E-state index >= 15 is 0 Å². The summed E-state index contributed by atoms with van der Waals surface area (Å²) in [5, 5.41) is 5.26. The number of carbonyl (C=O) groups excluding carboxylic acids is 1. The Balaban J connectivity index is 2.07. The maximum absolute atomic E-state index is 11.9. The molecule has 1 aliphatic carbocycles. The molecule has 3 rings (SSSR count). The molecule has 2 heterocycles. The third-order valence-electron chi connectivity index (χ3n) is 3.98. The fourth-order valence-corrected chi connectivity index (χ4v) is 6.69. The van der Waals surface area contributed by atoms with Crippen molar-refractivity contribution in [2.45, 2.75) is 34.6 Å². The molecule has 1 saturated carbocycles. The Bertz CT molecular complexity index is 717. The van der Waals surface area contributed by atoms with Crippen LogP contribution in [0.5, 0.6) is 0 Å². The van der Waals surface area contributed by atoms with E-state index < -0.39 is 18.4 Å². The van der Waals surface area contributed by atoms with E-state index in [1.165, 1.54) is 8.97 Å². The van der Waals surface area contributed by atoms with E-state index in [9.17, 15) is 4.79 Å². The number of amides is 1. The second-order valence-corrected chi connectivity index (χ2v) is 21.3. The van der Waals surface area contributed by atoms with Crippen LogP contribution in [0.2, 0.25) is 14.8 Å². The minimum absolute atomic E-state index is 0.105. The van der Waals surface area contributed by atoms with Gasteiger partial charge in [0.25, 0.3) is 0 Å². The number of pyridine rings is 2. The number of aryl methyl sites for hydroxylation is 1. The fourth-order valence-electron chi connectivity index (χ4n) is 2.51. The Morgan fingerprint density at radius 3 is 2.52 bits per heavy atom. The van der Waals surface area contributed by atoms with Crippen LogP contribution in [0.3, 0.4) is 0 Å². The summed E-state index contributed by atoms with van der Waals surface area (Å²) in [5.41, 5.74) is 0.997.